The van der Waals surface area contributed by atoms with Crippen LogP contribution in [0.25, 0.3) is 0 Å². The molecule has 1 aliphatic heterocycles. The molecule has 1 aromatic carbocycles. The van der Waals surface area contributed by atoms with Crippen molar-refractivity contribution in [3.05, 3.63) is 42.1 Å². The van der Waals surface area contributed by atoms with E-state index in [0.717, 1.165) is 19.4 Å². The highest BCUT2D eigenvalue weighted by atomic mass is 16.5. The van der Waals surface area contributed by atoms with Crippen LogP contribution in [0.2, 0.25) is 0 Å². The molecule has 8 heteroatoms. The maximum absolute atomic E-state index is 12.8. The Morgan fingerprint density at radius 1 is 1.10 bits per heavy atom. The van der Waals surface area contributed by atoms with Gasteiger partial charge >= 0.3 is 6.03 Å². The van der Waals surface area contributed by atoms with Crippen LogP contribution in [-0.4, -0.2) is 55.2 Å². The third-order valence-corrected chi connectivity index (χ3v) is 5.74. The van der Waals surface area contributed by atoms with Gasteiger partial charge in [0.05, 0.1) is 31.7 Å². The summed E-state index contributed by atoms with van der Waals surface area (Å²) in [5.41, 5.74) is 0.935. The SMILES string of the molecule is COc1ccc(C(=O)Nc2ccc(N3CCN(C4CCCC4)C3=O)nc2)c(OC)c1. The van der Waals surface area contributed by atoms with Crippen molar-refractivity contribution in [3.8, 4) is 11.5 Å². The van der Waals surface area contributed by atoms with E-state index in [0.29, 0.717) is 41.2 Å². The number of methoxy groups -OCH3 is 2. The predicted octanol–water partition coefficient (Wildman–Crippen LogP) is 3.54. The Balaban J connectivity index is 1.43. The van der Waals surface area contributed by atoms with Crippen molar-refractivity contribution < 1.29 is 19.1 Å². The zero-order chi connectivity index (χ0) is 21.1. The molecule has 0 atom stereocenters. The van der Waals surface area contributed by atoms with Gasteiger partial charge in [-0.3, -0.25) is 9.69 Å². The van der Waals surface area contributed by atoms with Crippen LogP contribution in [0.1, 0.15) is 36.0 Å². The summed E-state index contributed by atoms with van der Waals surface area (Å²) in [5.74, 6) is 1.32. The molecule has 0 radical (unpaired) electrons. The smallest absolute Gasteiger partial charge is 0.326 e. The number of ether oxygens (including phenoxy) is 2. The third-order valence-electron chi connectivity index (χ3n) is 5.74. The Kier molecular flexibility index (Phi) is 5.74. The molecule has 158 valence electrons. The number of hydrogen-bond donors (Lipinski definition) is 1. The second kappa shape index (κ2) is 8.61. The lowest BCUT2D eigenvalue weighted by Gasteiger charge is -2.23. The van der Waals surface area contributed by atoms with Crippen LogP contribution in [0.5, 0.6) is 11.5 Å². The van der Waals surface area contributed by atoms with Gasteiger partial charge in [0, 0.05) is 25.2 Å². The fraction of sp³-hybridized carbons (Fsp3) is 0.409. The minimum Gasteiger partial charge on any atom is -0.497 e. The van der Waals surface area contributed by atoms with Gasteiger partial charge in [0.2, 0.25) is 0 Å². The Hall–Kier alpha value is -3.29. The number of rotatable bonds is 6. The molecule has 2 aromatic rings. The average Bonchev–Trinajstić information content (AvgIpc) is 3.43. The Bertz CT molecular complexity index is 925. The molecule has 0 bridgehead atoms. The lowest BCUT2D eigenvalue weighted by Crippen LogP contribution is -2.38. The largest absolute Gasteiger partial charge is 0.497 e. The van der Waals surface area contributed by atoms with Crippen molar-refractivity contribution >= 4 is 23.4 Å². The van der Waals surface area contributed by atoms with Crippen molar-refractivity contribution in [1.29, 1.82) is 0 Å². The van der Waals surface area contributed by atoms with Gasteiger partial charge in [0.15, 0.2) is 0 Å². The first kappa shape index (κ1) is 20.0. The molecule has 1 saturated carbocycles. The third kappa shape index (κ3) is 3.90. The number of carbonyl (C=O) groups excluding carboxylic acids is 2. The van der Waals surface area contributed by atoms with Crippen LogP contribution < -0.4 is 19.7 Å². The molecule has 2 heterocycles. The number of nitrogens with zero attached hydrogens (tertiary/aromatic N) is 3. The van der Waals surface area contributed by atoms with Crippen LogP contribution in [0.4, 0.5) is 16.3 Å². The average molecular weight is 410 g/mol. The zero-order valence-corrected chi connectivity index (χ0v) is 17.3. The minimum absolute atomic E-state index is 0.0224. The summed E-state index contributed by atoms with van der Waals surface area (Å²) in [6, 6.07) is 8.90. The number of urea groups is 1. The van der Waals surface area contributed by atoms with E-state index in [9.17, 15) is 9.59 Å². The lowest BCUT2D eigenvalue weighted by atomic mass is 10.1. The number of amides is 3. The van der Waals surface area contributed by atoms with Gasteiger partial charge in [0.1, 0.15) is 17.3 Å². The summed E-state index contributed by atoms with van der Waals surface area (Å²) >= 11 is 0. The molecule has 1 saturated heterocycles. The van der Waals surface area contributed by atoms with E-state index in [-0.39, 0.29) is 11.9 Å². The molecule has 1 aromatic heterocycles. The summed E-state index contributed by atoms with van der Waals surface area (Å²) in [5, 5.41) is 2.82. The molecular formula is C22H26N4O4. The molecular weight excluding hydrogens is 384 g/mol. The summed E-state index contributed by atoms with van der Waals surface area (Å²) in [4.78, 5) is 33.5. The van der Waals surface area contributed by atoms with E-state index in [1.54, 1.807) is 48.5 Å². The van der Waals surface area contributed by atoms with E-state index in [1.807, 2.05) is 4.90 Å². The lowest BCUT2D eigenvalue weighted by molar-refractivity contribution is 0.102. The Labute approximate surface area is 175 Å². The topological polar surface area (TPSA) is 84.0 Å². The number of aromatic nitrogens is 1. The first-order chi connectivity index (χ1) is 14.6. The van der Waals surface area contributed by atoms with Crippen molar-refractivity contribution in [2.75, 3.05) is 37.5 Å². The first-order valence-electron chi connectivity index (χ1n) is 10.2. The highest BCUT2D eigenvalue weighted by molar-refractivity contribution is 6.06. The number of anilines is 2. The van der Waals surface area contributed by atoms with Gasteiger partial charge in [-0.2, -0.15) is 0 Å². The number of benzene rings is 1. The fourth-order valence-electron chi connectivity index (χ4n) is 4.13. The van der Waals surface area contributed by atoms with Crippen molar-refractivity contribution in [2.45, 2.75) is 31.7 Å². The minimum atomic E-state index is -0.311. The first-order valence-corrected chi connectivity index (χ1v) is 10.2. The summed E-state index contributed by atoms with van der Waals surface area (Å²) in [6.07, 6.45) is 6.13. The Morgan fingerprint density at radius 3 is 2.57 bits per heavy atom. The highest BCUT2D eigenvalue weighted by Gasteiger charge is 2.36. The monoisotopic (exact) mass is 410 g/mol. The number of nitrogens with one attached hydrogen (secondary N) is 1. The molecule has 8 nitrogen and oxygen atoms in total. The number of pyridine rings is 1. The summed E-state index contributed by atoms with van der Waals surface area (Å²) in [6.45, 7) is 1.37. The van der Waals surface area contributed by atoms with Gasteiger partial charge in [-0.1, -0.05) is 12.8 Å². The van der Waals surface area contributed by atoms with Crippen LogP contribution in [0.3, 0.4) is 0 Å². The number of hydrogen-bond acceptors (Lipinski definition) is 5. The second-order valence-electron chi connectivity index (χ2n) is 7.49. The molecule has 3 amide bonds. The van der Waals surface area contributed by atoms with Gasteiger partial charge < -0.3 is 19.7 Å². The standard InChI is InChI=1S/C22H26N4O4/c1-29-17-8-9-18(19(13-17)30-2)21(27)24-15-7-10-20(23-14-15)26-12-11-25(22(26)28)16-5-3-4-6-16/h7-10,13-14,16H,3-6,11-12H2,1-2H3,(H,24,27). The normalized spacial score (nSPS) is 16.8. The fourth-order valence-corrected chi connectivity index (χ4v) is 4.13. The van der Waals surface area contributed by atoms with Crippen LogP contribution in [0.15, 0.2) is 36.5 Å². The second-order valence-corrected chi connectivity index (χ2v) is 7.49. The van der Waals surface area contributed by atoms with Crippen molar-refractivity contribution in [3.63, 3.8) is 0 Å². The van der Waals surface area contributed by atoms with Gasteiger partial charge in [0.25, 0.3) is 5.91 Å². The van der Waals surface area contributed by atoms with E-state index in [4.69, 9.17) is 9.47 Å². The maximum Gasteiger partial charge on any atom is 0.326 e. The van der Waals surface area contributed by atoms with Gasteiger partial charge in [-0.15, -0.1) is 0 Å². The van der Waals surface area contributed by atoms with E-state index >= 15 is 0 Å². The molecule has 2 fully saturated rings. The predicted molar refractivity (Wildman–Crippen MR) is 113 cm³/mol. The van der Waals surface area contributed by atoms with Crippen LogP contribution in [-0.2, 0) is 0 Å². The molecule has 1 N–H and O–H groups in total. The summed E-state index contributed by atoms with van der Waals surface area (Å²) in [7, 11) is 3.06. The molecule has 2 aliphatic rings. The van der Waals surface area contributed by atoms with Crippen LogP contribution >= 0.6 is 0 Å². The van der Waals surface area contributed by atoms with Gasteiger partial charge in [-0.25, -0.2) is 9.78 Å². The summed E-state index contributed by atoms with van der Waals surface area (Å²) < 4.78 is 10.5. The zero-order valence-electron chi connectivity index (χ0n) is 17.3. The van der Waals surface area contributed by atoms with Crippen molar-refractivity contribution in [1.82, 2.24) is 9.88 Å². The van der Waals surface area contributed by atoms with Gasteiger partial charge in [-0.05, 0) is 37.1 Å². The molecule has 1 aliphatic carbocycles. The molecule has 4 rings (SSSR count). The van der Waals surface area contributed by atoms with Crippen molar-refractivity contribution in [2.24, 2.45) is 0 Å². The van der Waals surface area contributed by atoms with Crippen LogP contribution in [0, 0.1) is 0 Å². The molecule has 30 heavy (non-hydrogen) atoms. The van der Waals surface area contributed by atoms with E-state index in [2.05, 4.69) is 10.3 Å². The molecule has 0 unspecified atom stereocenters. The maximum atomic E-state index is 12.8. The highest BCUT2D eigenvalue weighted by Crippen LogP contribution is 2.29. The van der Waals surface area contributed by atoms with E-state index in [1.165, 1.54) is 20.0 Å². The Morgan fingerprint density at radius 2 is 1.90 bits per heavy atom. The quantitative estimate of drug-likeness (QED) is 0.788. The number of carbonyl (C=O) groups is 2. The van der Waals surface area contributed by atoms with E-state index < -0.39 is 0 Å². The molecule has 0 spiro atoms.